The van der Waals surface area contributed by atoms with Crippen molar-refractivity contribution >= 4 is 38.0 Å². The molecule has 0 saturated carbocycles. The van der Waals surface area contributed by atoms with Crippen molar-refractivity contribution < 1.29 is 22.7 Å². The SMILES string of the molecule is CS(=O)(=O)c1ccccc1-c1sc(Nc2ccc(C(=O)O)cc2)nc1-c1ccc(F)cc1. The number of hydrogen-bond donors (Lipinski definition) is 2. The van der Waals surface area contributed by atoms with Crippen molar-refractivity contribution in [1.82, 2.24) is 4.98 Å². The number of aromatic nitrogens is 1. The number of aromatic carboxylic acids is 1. The summed E-state index contributed by atoms with van der Waals surface area (Å²) in [6, 6.07) is 18.6. The molecule has 0 saturated heterocycles. The molecule has 1 aromatic heterocycles. The molecule has 0 unspecified atom stereocenters. The molecule has 162 valence electrons. The third-order valence-corrected chi connectivity index (χ3v) is 6.82. The van der Waals surface area contributed by atoms with Crippen LogP contribution < -0.4 is 5.32 Å². The molecule has 0 amide bonds. The summed E-state index contributed by atoms with van der Waals surface area (Å²) < 4.78 is 38.2. The molecule has 3 aromatic carbocycles. The highest BCUT2D eigenvalue weighted by atomic mass is 32.2. The Hall–Kier alpha value is -3.56. The predicted octanol–water partition coefficient (Wildman–Crippen LogP) is 5.46. The molecule has 0 fully saturated rings. The summed E-state index contributed by atoms with van der Waals surface area (Å²) in [5.41, 5.74) is 2.42. The van der Waals surface area contributed by atoms with Gasteiger partial charge >= 0.3 is 5.97 Å². The van der Waals surface area contributed by atoms with E-state index in [4.69, 9.17) is 5.11 Å². The first-order valence-corrected chi connectivity index (χ1v) is 12.1. The minimum absolute atomic E-state index is 0.157. The first kappa shape index (κ1) is 21.7. The lowest BCUT2D eigenvalue weighted by molar-refractivity contribution is 0.0697. The molecule has 0 aliphatic carbocycles. The average molecular weight is 469 g/mol. The Labute approximate surface area is 187 Å². The van der Waals surface area contributed by atoms with Crippen molar-refractivity contribution in [3.8, 4) is 21.7 Å². The number of nitrogens with zero attached hydrogens (tertiary/aromatic N) is 1. The van der Waals surface area contributed by atoms with Crippen LogP contribution in [0.3, 0.4) is 0 Å². The molecule has 0 spiro atoms. The summed E-state index contributed by atoms with van der Waals surface area (Å²) in [6.45, 7) is 0. The topological polar surface area (TPSA) is 96.4 Å². The highest BCUT2D eigenvalue weighted by Crippen LogP contribution is 2.42. The molecule has 9 heteroatoms. The smallest absolute Gasteiger partial charge is 0.335 e. The van der Waals surface area contributed by atoms with Gasteiger partial charge in [-0.05, 0) is 54.6 Å². The van der Waals surface area contributed by atoms with Crippen molar-refractivity contribution in [3.63, 3.8) is 0 Å². The van der Waals surface area contributed by atoms with Crippen LogP contribution >= 0.6 is 11.3 Å². The third kappa shape index (κ3) is 4.53. The van der Waals surface area contributed by atoms with Gasteiger partial charge in [0.05, 0.1) is 21.0 Å². The molecule has 0 atom stereocenters. The number of carboxylic acids is 1. The van der Waals surface area contributed by atoms with Gasteiger partial charge in [0.2, 0.25) is 0 Å². The number of sulfone groups is 1. The molecule has 1 heterocycles. The Kier molecular flexibility index (Phi) is 5.77. The van der Waals surface area contributed by atoms with E-state index in [1.165, 1.54) is 41.7 Å². The number of nitrogens with one attached hydrogen (secondary N) is 1. The van der Waals surface area contributed by atoms with E-state index >= 15 is 0 Å². The maximum Gasteiger partial charge on any atom is 0.335 e. The molecule has 0 bridgehead atoms. The minimum Gasteiger partial charge on any atom is -0.478 e. The van der Waals surface area contributed by atoms with Crippen LogP contribution in [0.1, 0.15) is 10.4 Å². The fourth-order valence-electron chi connectivity index (χ4n) is 3.16. The maximum absolute atomic E-state index is 13.5. The van der Waals surface area contributed by atoms with Crippen LogP contribution in [0.15, 0.2) is 77.7 Å². The zero-order valence-corrected chi connectivity index (χ0v) is 18.4. The molecule has 32 heavy (non-hydrogen) atoms. The number of anilines is 2. The van der Waals surface area contributed by atoms with E-state index in [9.17, 15) is 17.6 Å². The van der Waals surface area contributed by atoms with Crippen LogP contribution in [0.2, 0.25) is 0 Å². The zero-order chi connectivity index (χ0) is 22.9. The second-order valence-electron chi connectivity index (χ2n) is 6.98. The van der Waals surface area contributed by atoms with Crippen molar-refractivity contribution in [2.75, 3.05) is 11.6 Å². The van der Waals surface area contributed by atoms with Gasteiger partial charge in [-0.2, -0.15) is 0 Å². The molecule has 0 aliphatic rings. The van der Waals surface area contributed by atoms with E-state index in [-0.39, 0.29) is 16.3 Å². The number of hydrogen-bond acceptors (Lipinski definition) is 6. The summed E-state index contributed by atoms with van der Waals surface area (Å²) in [5.74, 6) is -1.41. The molecule has 4 rings (SSSR count). The Bertz CT molecular complexity index is 1400. The van der Waals surface area contributed by atoms with Crippen molar-refractivity contribution in [2.24, 2.45) is 0 Å². The second kappa shape index (κ2) is 8.52. The summed E-state index contributed by atoms with van der Waals surface area (Å²) in [5, 5.41) is 12.7. The van der Waals surface area contributed by atoms with Gasteiger partial charge in [0.15, 0.2) is 15.0 Å². The van der Waals surface area contributed by atoms with Crippen LogP contribution in [0.4, 0.5) is 15.2 Å². The Balaban J connectivity index is 1.83. The van der Waals surface area contributed by atoms with E-state index in [1.807, 2.05) is 0 Å². The highest BCUT2D eigenvalue weighted by Gasteiger charge is 2.21. The van der Waals surface area contributed by atoms with E-state index in [2.05, 4.69) is 10.3 Å². The van der Waals surface area contributed by atoms with Gasteiger partial charge in [-0.3, -0.25) is 0 Å². The molecular weight excluding hydrogens is 451 g/mol. The second-order valence-corrected chi connectivity index (χ2v) is 9.96. The fourth-order valence-corrected chi connectivity index (χ4v) is 5.16. The minimum atomic E-state index is -3.51. The highest BCUT2D eigenvalue weighted by molar-refractivity contribution is 7.90. The van der Waals surface area contributed by atoms with Gasteiger partial charge in [0.1, 0.15) is 5.82 Å². The number of carboxylic acid groups (broad SMARTS) is 1. The number of benzene rings is 3. The lowest BCUT2D eigenvalue weighted by Gasteiger charge is -2.08. The first-order chi connectivity index (χ1) is 15.2. The lowest BCUT2D eigenvalue weighted by atomic mass is 10.1. The largest absolute Gasteiger partial charge is 0.478 e. The molecule has 4 aromatic rings. The van der Waals surface area contributed by atoms with Gasteiger partial charge in [0.25, 0.3) is 0 Å². The van der Waals surface area contributed by atoms with Crippen molar-refractivity contribution in [1.29, 1.82) is 0 Å². The van der Waals surface area contributed by atoms with Gasteiger partial charge in [-0.15, -0.1) is 0 Å². The van der Waals surface area contributed by atoms with Crippen LogP contribution in [-0.2, 0) is 9.84 Å². The Morgan fingerprint density at radius 2 is 1.66 bits per heavy atom. The molecular formula is C23H17FN2O4S2. The summed E-state index contributed by atoms with van der Waals surface area (Å²) in [4.78, 5) is 16.5. The summed E-state index contributed by atoms with van der Waals surface area (Å²) >= 11 is 1.25. The molecule has 0 aliphatic heterocycles. The van der Waals surface area contributed by atoms with E-state index < -0.39 is 15.8 Å². The Morgan fingerprint density at radius 1 is 1.00 bits per heavy atom. The van der Waals surface area contributed by atoms with E-state index in [1.54, 1.807) is 42.5 Å². The number of halogens is 1. The van der Waals surface area contributed by atoms with E-state index in [0.29, 0.717) is 32.5 Å². The van der Waals surface area contributed by atoms with Crippen LogP contribution in [0, 0.1) is 5.82 Å². The third-order valence-electron chi connectivity index (χ3n) is 4.66. The molecule has 6 nitrogen and oxygen atoms in total. The standard InChI is InChI=1S/C23H17FN2O4S2/c1-32(29,30)19-5-3-2-4-18(19)21-20(14-6-10-16(24)11-7-14)26-23(31-21)25-17-12-8-15(9-13-17)22(27)28/h2-13H,1H3,(H,25,26)(H,27,28). The predicted molar refractivity (Wildman–Crippen MR) is 123 cm³/mol. The quantitative estimate of drug-likeness (QED) is 0.390. The fraction of sp³-hybridized carbons (Fsp3) is 0.0435. The van der Waals surface area contributed by atoms with Crippen LogP contribution in [0.25, 0.3) is 21.7 Å². The van der Waals surface area contributed by atoms with E-state index in [0.717, 1.165) is 6.26 Å². The normalized spacial score (nSPS) is 11.3. The van der Waals surface area contributed by atoms with Crippen LogP contribution in [-0.4, -0.2) is 30.7 Å². The average Bonchev–Trinajstić information content (AvgIpc) is 3.17. The molecule has 0 radical (unpaired) electrons. The Morgan fingerprint density at radius 3 is 2.28 bits per heavy atom. The maximum atomic E-state index is 13.5. The van der Waals surface area contributed by atoms with Gasteiger partial charge in [-0.25, -0.2) is 22.6 Å². The zero-order valence-electron chi connectivity index (χ0n) is 16.7. The monoisotopic (exact) mass is 468 g/mol. The number of rotatable bonds is 6. The molecule has 2 N–H and O–H groups in total. The summed E-state index contributed by atoms with van der Waals surface area (Å²) in [7, 11) is -3.51. The number of thiazole rings is 1. The van der Waals surface area contributed by atoms with Gasteiger partial charge < -0.3 is 10.4 Å². The lowest BCUT2D eigenvalue weighted by Crippen LogP contribution is -1.99. The van der Waals surface area contributed by atoms with Crippen LogP contribution in [0.5, 0.6) is 0 Å². The van der Waals surface area contributed by atoms with Gasteiger partial charge in [0, 0.05) is 23.1 Å². The van der Waals surface area contributed by atoms with Crippen molar-refractivity contribution in [2.45, 2.75) is 4.90 Å². The van der Waals surface area contributed by atoms with Gasteiger partial charge in [-0.1, -0.05) is 29.5 Å². The van der Waals surface area contributed by atoms with Crippen molar-refractivity contribution in [3.05, 3.63) is 84.2 Å². The first-order valence-electron chi connectivity index (χ1n) is 9.39. The number of carbonyl (C=O) groups is 1. The summed E-state index contributed by atoms with van der Waals surface area (Å²) in [6.07, 6.45) is 1.15.